The summed E-state index contributed by atoms with van der Waals surface area (Å²) >= 11 is 0. The molecule has 56 heavy (non-hydrogen) atoms. The van der Waals surface area contributed by atoms with Crippen molar-refractivity contribution in [3.05, 3.63) is 90.1 Å². The van der Waals surface area contributed by atoms with Gasteiger partial charge in [0.2, 0.25) is 35.4 Å². The van der Waals surface area contributed by atoms with E-state index in [1.54, 1.807) is 30.5 Å². The van der Waals surface area contributed by atoms with E-state index in [1.807, 2.05) is 37.3 Å². The molecule has 0 aliphatic heterocycles. The number of amides is 6. The van der Waals surface area contributed by atoms with Gasteiger partial charge in [0.1, 0.15) is 24.2 Å². The molecule has 4 rings (SSSR count). The SMILES string of the molecule is CCCC(=O)N[C@@H](Cc1cnc[nH]1)C(=O)N[C@H](Cc1ccccc1)C(=O)N[C@@H](CCCN=C(N)N)C(=O)N[C@H](Cc1c[nH]c2ccccc12)C(=O)NCC(N)=O. The number of guanidine groups is 1. The standard InChI is InChI=1S/C38H50N12O6/c1-2-9-33(52)47-31(18-25-20-42-22-46-25)37(56)49-29(16-23-10-4-3-5-11-23)36(55)48-28(14-8-15-43-38(40)41)35(54)50-30(34(53)45-21-32(39)51)17-24-19-44-27-13-7-6-12-26(24)27/h3-7,10-13,19-20,22,28-31,44H,2,8-9,14-18,21H2,1H3,(H2,39,51)(H,42,46)(H,45,53)(H,47,52)(H,48,55)(H,49,56)(H,50,54)(H4,40,41,43)/t28-,29+,30+,31-/m0/s1. The summed E-state index contributed by atoms with van der Waals surface area (Å²) in [6, 6.07) is 11.7. The number of benzene rings is 2. The van der Waals surface area contributed by atoms with Crippen LogP contribution in [0.5, 0.6) is 0 Å². The van der Waals surface area contributed by atoms with Crippen molar-refractivity contribution >= 4 is 52.3 Å². The maximum Gasteiger partial charge on any atom is 0.243 e. The van der Waals surface area contributed by atoms with Crippen molar-refractivity contribution in [2.24, 2.45) is 22.2 Å². The Bertz CT molecular complexity index is 1960. The van der Waals surface area contributed by atoms with Crippen LogP contribution in [0.4, 0.5) is 0 Å². The number of hydrogen-bond donors (Lipinski definition) is 10. The van der Waals surface area contributed by atoms with E-state index in [0.29, 0.717) is 17.7 Å². The molecule has 13 N–H and O–H groups in total. The Balaban J connectivity index is 1.60. The topological polar surface area (TPSA) is 297 Å². The average molecular weight is 771 g/mol. The van der Waals surface area contributed by atoms with Crippen molar-refractivity contribution in [3.63, 3.8) is 0 Å². The normalized spacial score (nSPS) is 13.0. The number of aliphatic imine (C=N–C) groups is 1. The number of primary amides is 1. The molecule has 0 aliphatic rings. The quantitative estimate of drug-likeness (QED) is 0.0275. The molecule has 2 aromatic carbocycles. The number of nitrogens with one attached hydrogen (secondary N) is 7. The molecule has 0 aliphatic carbocycles. The summed E-state index contributed by atoms with van der Waals surface area (Å²) in [5, 5.41) is 14.3. The van der Waals surface area contributed by atoms with Crippen LogP contribution >= 0.6 is 0 Å². The molecule has 0 bridgehead atoms. The second-order valence-corrected chi connectivity index (χ2v) is 13.2. The highest BCUT2D eigenvalue weighted by molar-refractivity contribution is 5.96. The van der Waals surface area contributed by atoms with Crippen molar-refractivity contribution in [2.75, 3.05) is 13.1 Å². The zero-order chi connectivity index (χ0) is 40.5. The van der Waals surface area contributed by atoms with Gasteiger partial charge in [-0.05, 0) is 36.5 Å². The molecule has 0 fully saturated rings. The molecule has 18 heteroatoms. The minimum absolute atomic E-state index is 0.0309. The predicted octanol–water partition coefficient (Wildman–Crippen LogP) is -0.687. The number of carbonyl (C=O) groups excluding carboxylic acids is 6. The van der Waals surface area contributed by atoms with Gasteiger partial charge < -0.3 is 53.8 Å². The molecule has 0 spiro atoms. The van der Waals surface area contributed by atoms with Crippen LogP contribution in [0.3, 0.4) is 0 Å². The maximum absolute atomic E-state index is 14.2. The molecule has 0 saturated carbocycles. The summed E-state index contributed by atoms with van der Waals surface area (Å²) < 4.78 is 0. The predicted molar refractivity (Wildman–Crippen MR) is 209 cm³/mol. The summed E-state index contributed by atoms with van der Waals surface area (Å²) in [5.74, 6) is -3.97. The van der Waals surface area contributed by atoms with E-state index in [-0.39, 0.29) is 56.9 Å². The second-order valence-electron chi connectivity index (χ2n) is 13.2. The van der Waals surface area contributed by atoms with Crippen LogP contribution in [0.1, 0.15) is 49.4 Å². The van der Waals surface area contributed by atoms with Crippen LogP contribution in [-0.2, 0) is 48.0 Å². The van der Waals surface area contributed by atoms with Gasteiger partial charge in [0.05, 0.1) is 12.9 Å². The number of aromatic nitrogens is 3. The van der Waals surface area contributed by atoms with Crippen LogP contribution in [0.15, 0.2) is 78.3 Å². The van der Waals surface area contributed by atoms with Crippen molar-refractivity contribution in [1.29, 1.82) is 0 Å². The Morgan fingerprint density at radius 3 is 2.05 bits per heavy atom. The smallest absolute Gasteiger partial charge is 0.243 e. The van der Waals surface area contributed by atoms with Crippen molar-refractivity contribution in [3.8, 4) is 0 Å². The molecular formula is C38H50N12O6. The second kappa shape index (κ2) is 21.2. The van der Waals surface area contributed by atoms with Gasteiger partial charge in [0.15, 0.2) is 5.96 Å². The van der Waals surface area contributed by atoms with Gasteiger partial charge in [0.25, 0.3) is 0 Å². The zero-order valence-electron chi connectivity index (χ0n) is 31.2. The van der Waals surface area contributed by atoms with Crippen LogP contribution in [-0.4, -0.2) is 93.6 Å². The Morgan fingerprint density at radius 1 is 0.750 bits per heavy atom. The minimum Gasteiger partial charge on any atom is -0.370 e. The first-order valence-corrected chi connectivity index (χ1v) is 18.3. The first kappa shape index (κ1) is 42.0. The lowest BCUT2D eigenvalue weighted by Crippen LogP contribution is -2.59. The Hall–Kier alpha value is -6.72. The number of nitrogens with zero attached hydrogens (tertiary/aromatic N) is 2. The lowest BCUT2D eigenvalue weighted by Gasteiger charge is -2.26. The molecule has 0 saturated heterocycles. The highest BCUT2D eigenvalue weighted by Gasteiger charge is 2.32. The van der Waals surface area contributed by atoms with Gasteiger partial charge in [-0.15, -0.1) is 0 Å². The summed E-state index contributed by atoms with van der Waals surface area (Å²) in [6.07, 6.45) is 5.90. The molecule has 6 amide bonds. The molecule has 0 unspecified atom stereocenters. The van der Waals surface area contributed by atoms with E-state index in [2.05, 4.69) is 46.5 Å². The van der Waals surface area contributed by atoms with Crippen LogP contribution in [0.2, 0.25) is 0 Å². The lowest BCUT2D eigenvalue weighted by molar-refractivity contribution is -0.134. The van der Waals surface area contributed by atoms with Crippen LogP contribution in [0, 0.1) is 0 Å². The number of carbonyl (C=O) groups is 6. The highest BCUT2D eigenvalue weighted by Crippen LogP contribution is 2.19. The van der Waals surface area contributed by atoms with E-state index in [9.17, 15) is 28.8 Å². The largest absolute Gasteiger partial charge is 0.370 e. The van der Waals surface area contributed by atoms with Gasteiger partial charge in [-0.25, -0.2) is 4.98 Å². The summed E-state index contributed by atoms with van der Waals surface area (Å²) in [5.41, 5.74) is 19.1. The Labute approximate surface area is 323 Å². The average Bonchev–Trinajstić information content (AvgIpc) is 3.84. The number of fused-ring (bicyclic) bond motifs is 1. The van der Waals surface area contributed by atoms with Crippen LogP contribution < -0.4 is 43.8 Å². The van der Waals surface area contributed by atoms with Crippen molar-refractivity contribution in [2.45, 2.75) is 76.0 Å². The number of rotatable bonds is 22. The third kappa shape index (κ3) is 13.3. The van der Waals surface area contributed by atoms with E-state index in [4.69, 9.17) is 17.2 Å². The van der Waals surface area contributed by atoms with Crippen molar-refractivity contribution < 1.29 is 28.8 Å². The molecular weight excluding hydrogens is 720 g/mol. The third-order valence-corrected chi connectivity index (χ3v) is 8.77. The van der Waals surface area contributed by atoms with E-state index < -0.39 is 60.2 Å². The van der Waals surface area contributed by atoms with Crippen molar-refractivity contribution in [1.82, 2.24) is 41.5 Å². The maximum atomic E-state index is 14.2. The number of para-hydroxylation sites is 1. The number of aromatic amines is 2. The molecule has 2 aromatic heterocycles. The number of imidazole rings is 1. The highest BCUT2D eigenvalue weighted by atomic mass is 16.2. The molecule has 298 valence electrons. The molecule has 2 heterocycles. The Kier molecular flexibility index (Phi) is 15.9. The van der Waals surface area contributed by atoms with Gasteiger partial charge in [-0.2, -0.15) is 0 Å². The fourth-order valence-electron chi connectivity index (χ4n) is 5.99. The van der Waals surface area contributed by atoms with Gasteiger partial charge in [-0.1, -0.05) is 55.5 Å². The summed E-state index contributed by atoms with van der Waals surface area (Å²) in [6.45, 7) is 1.52. The number of nitrogens with two attached hydrogens (primary N) is 3. The zero-order valence-corrected chi connectivity index (χ0v) is 31.2. The number of hydrogen-bond acceptors (Lipinski definition) is 8. The number of H-pyrrole nitrogens is 2. The molecule has 4 atom stereocenters. The summed E-state index contributed by atoms with van der Waals surface area (Å²) in [4.78, 5) is 93.7. The van der Waals surface area contributed by atoms with E-state index in [1.165, 1.54) is 12.5 Å². The van der Waals surface area contributed by atoms with Crippen LogP contribution in [0.25, 0.3) is 10.9 Å². The fourth-order valence-corrected chi connectivity index (χ4v) is 5.99. The van der Waals surface area contributed by atoms with Gasteiger partial charge >= 0.3 is 0 Å². The minimum atomic E-state index is -1.23. The lowest BCUT2D eigenvalue weighted by atomic mass is 10.0. The Morgan fingerprint density at radius 2 is 1.39 bits per heavy atom. The first-order chi connectivity index (χ1) is 26.9. The van der Waals surface area contributed by atoms with E-state index in [0.717, 1.165) is 16.5 Å². The molecule has 4 aromatic rings. The molecule has 18 nitrogen and oxygen atoms in total. The first-order valence-electron chi connectivity index (χ1n) is 18.3. The fraction of sp³-hybridized carbons (Fsp3) is 0.368. The van der Waals surface area contributed by atoms with E-state index >= 15 is 0 Å². The van der Waals surface area contributed by atoms with Gasteiger partial charge in [0, 0.05) is 61.2 Å². The third-order valence-electron chi connectivity index (χ3n) is 8.77. The van der Waals surface area contributed by atoms with Gasteiger partial charge in [-0.3, -0.25) is 33.8 Å². The molecule has 0 radical (unpaired) electrons. The monoisotopic (exact) mass is 770 g/mol. The summed E-state index contributed by atoms with van der Waals surface area (Å²) in [7, 11) is 0.